The van der Waals surface area contributed by atoms with Crippen LogP contribution in [0, 0.1) is 6.92 Å². The van der Waals surface area contributed by atoms with Crippen LogP contribution in [0.2, 0.25) is 5.02 Å². The van der Waals surface area contributed by atoms with E-state index in [1.165, 1.54) is 4.88 Å². The average molecular weight is 453 g/mol. The van der Waals surface area contributed by atoms with Crippen molar-refractivity contribution in [2.75, 3.05) is 29.9 Å². The topological polar surface area (TPSA) is 83.0 Å². The third-order valence-corrected chi connectivity index (χ3v) is 6.68. The van der Waals surface area contributed by atoms with E-state index in [1.807, 2.05) is 23.1 Å². The highest BCUT2D eigenvalue weighted by Gasteiger charge is 2.24. The van der Waals surface area contributed by atoms with E-state index in [-0.39, 0.29) is 18.5 Å². The molecule has 0 unspecified atom stereocenters. The monoisotopic (exact) mass is 452 g/mol. The molecule has 1 fully saturated rings. The van der Waals surface area contributed by atoms with Gasteiger partial charge < -0.3 is 15.5 Å². The minimum atomic E-state index is -0.103. The Morgan fingerprint density at radius 1 is 1.29 bits per heavy atom. The number of amides is 1. The van der Waals surface area contributed by atoms with Crippen LogP contribution in [0.4, 0.5) is 11.6 Å². The Hall–Kier alpha value is -2.97. The predicted octanol–water partition coefficient (Wildman–Crippen LogP) is 4.31. The smallest absolute Gasteiger partial charge is 0.239 e. The molecule has 3 aromatic heterocycles. The second kappa shape index (κ2) is 7.94. The number of piperazine rings is 1. The first-order valence-electron chi connectivity index (χ1n) is 10.1. The average Bonchev–Trinajstić information content (AvgIpc) is 3.14. The molecule has 1 aliphatic rings. The van der Waals surface area contributed by atoms with Gasteiger partial charge in [0.15, 0.2) is 0 Å². The van der Waals surface area contributed by atoms with Crippen molar-refractivity contribution in [2.24, 2.45) is 0 Å². The van der Waals surface area contributed by atoms with Crippen LogP contribution in [-0.4, -0.2) is 40.5 Å². The van der Waals surface area contributed by atoms with Crippen molar-refractivity contribution < 1.29 is 4.79 Å². The number of benzene rings is 1. The number of nitrogens with zero attached hydrogens (tertiary/aromatic N) is 4. The van der Waals surface area contributed by atoms with Gasteiger partial charge in [0.2, 0.25) is 5.91 Å². The summed E-state index contributed by atoms with van der Waals surface area (Å²) in [6.07, 6.45) is 1.58. The van der Waals surface area contributed by atoms with Crippen molar-refractivity contribution in [3.8, 4) is 0 Å². The van der Waals surface area contributed by atoms with Gasteiger partial charge in [-0.1, -0.05) is 23.7 Å². The second-order valence-corrected chi connectivity index (χ2v) is 9.29. The number of halogens is 1. The van der Waals surface area contributed by atoms with Crippen molar-refractivity contribution in [3.05, 3.63) is 52.1 Å². The molecule has 1 amide bonds. The molecule has 0 spiro atoms. The zero-order valence-electron chi connectivity index (χ0n) is 17.1. The maximum atomic E-state index is 12.1. The Morgan fingerprint density at radius 3 is 3.00 bits per heavy atom. The Balaban J connectivity index is 1.59. The molecule has 31 heavy (non-hydrogen) atoms. The number of para-hydroxylation sites is 1. The van der Waals surface area contributed by atoms with Crippen molar-refractivity contribution >= 4 is 61.6 Å². The molecular weight excluding hydrogens is 432 g/mol. The lowest BCUT2D eigenvalue weighted by molar-refractivity contribution is -0.120. The van der Waals surface area contributed by atoms with E-state index in [0.29, 0.717) is 18.1 Å². The maximum absolute atomic E-state index is 12.1. The molecular formula is C22H21ClN6OS. The van der Waals surface area contributed by atoms with E-state index in [4.69, 9.17) is 16.6 Å². The summed E-state index contributed by atoms with van der Waals surface area (Å²) in [6.45, 7) is 5.69. The lowest BCUT2D eigenvalue weighted by Gasteiger charge is -2.31. The van der Waals surface area contributed by atoms with Gasteiger partial charge in [0.25, 0.3) is 0 Å². The molecule has 0 radical (unpaired) electrons. The summed E-state index contributed by atoms with van der Waals surface area (Å²) in [5.74, 6) is 1.54. The van der Waals surface area contributed by atoms with Crippen LogP contribution in [0.5, 0.6) is 0 Å². The first kappa shape index (κ1) is 20.0. The number of hydrogen-bond acceptors (Lipinski definition) is 7. The molecule has 4 aromatic rings. The number of hydrogen-bond donors (Lipinski definition) is 2. The second-order valence-electron chi connectivity index (χ2n) is 7.65. The van der Waals surface area contributed by atoms with Crippen molar-refractivity contribution in [3.63, 3.8) is 0 Å². The summed E-state index contributed by atoms with van der Waals surface area (Å²) < 4.78 is 0. The maximum Gasteiger partial charge on any atom is 0.239 e. The lowest BCUT2D eigenvalue weighted by atomic mass is 10.0. The molecule has 7 nitrogen and oxygen atoms in total. The van der Waals surface area contributed by atoms with Gasteiger partial charge in [-0.3, -0.25) is 4.79 Å². The molecule has 1 aromatic carbocycles. The fourth-order valence-electron chi connectivity index (χ4n) is 3.93. The highest BCUT2D eigenvalue weighted by molar-refractivity contribution is 7.18. The van der Waals surface area contributed by atoms with Crippen LogP contribution in [0.3, 0.4) is 0 Å². The zero-order chi connectivity index (χ0) is 21.5. The van der Waals surface area contributed by atoms with Gasteiger partial charge >= 0.3 is 0 Å². The Kier molecular flexibility index (Phi) is 5.11. The van der Waals surface area contributed by atoms with E-state index < -0.39 is 0 Å². The van der Waals surface area contributed by atoms with Gasteiger partial charge in [-0.25, -0.2) is 15.0 Å². The molecule has 0 saturated carbocycles. The number of rotatable bonds is 4. The number of pyridine rings is 1. The molecule has 0 bridgehead atoms. The quantitative estimate of drug-likeness (QED) is 0.480. The third-order valence-electron chi connectivity index (χ3n) is 5.42. The van der Waals surface area contributed by atoms with Crippen LogP contribution in [0.25, 0.3) is 21.1 Å². The van der Waals surface area contributed by atoms with Crippen LogP contribution < -0.4 is 15.5 Å². The number of aromatic nitrogens is 3. The van der Waals surface area contributed by atoms with Gasteiger partial charge in [-0.05, 0) is 32.0 Å². The largest absolute Gasteiger partial charge is 0.363 e. The summed E-state index contributed by atoms with van der Waals surface area (Å²) in [6, 6.07) is 9.86. The summed E-state index contributed by atoms with van der Waals surface area (Å²) in [5.41, 5.74) is 1.72. The van der Waals surface area contributed by atoms with E-state index in [1.54, 1.807) is 17.7 Å². The predicted molar refractivity (Wildman–Crippen MR) is 126 cm³/mol. The number of fused-ring (bicyclic) bond motifs is 2. The van der Waals surface area contributed by atoms with Gasteiger partial charge in [-0.15, -0.1) is 11.3 Å². The Labute approximate surface area is 188 Å². The highest BCUT2D eigenvalue weighted by Crippen LogP contribution is 2.35. The standard InChI is InChI=1S/C22H21ClN6OS/c1-12-8-16-20(25-11-26-22(16)31-12)27-13(2)15-9-14-4-3-5-17(23)19(14)28-21(15)29-7-6-24-18(30)10-29/h3-5,8-9,11,13H,6-7,10H2,1-2H3,(H,24,30)(H,25,26,27)/t13-/m0/s1. The summed E-state index contributed by atoms with van der Waals surface area (Å²) in [4.78, 5) is 30.0. The number of aryl methyl sites for hydroxylation is 1. The molecule has 5 rings (SSSR count). The zero-order valence-corrected chi connectivity index (χ0v) is 18.7. The number of nitrogens with one attached hydrogen (secondary N) is 2. The first-order valence-corrected chi connectivity index (χ1v) is 11.3. The Morgan fingerprint density at radius 2 is 2.16 bits per heavy atom. The third kappa shape index (κ3) is 3.77. The number of carbonyl (C=O) groups is 1. The summed E-state index contributed by atoms with van der Waals surface area (Å²) in [7, 11) is 0. The SMILES string of the molecule is Cc1cc2c(N[C@@H](C)c3cc4cccc(Cl)c4nc3N3CCNC(=O)C3)ncnc2s1. The van der Waals surface area contributed by atoms with Crippen LogP contribution >= 0.6 is 22.9 Å². The fraction of sp³-hybridized carbons (Fsp3) is 0.273. The van der Waals surface area contributed by atoms with Gasteiger partial charge in [0, 0.05) is 28.9 Å². The van der Waals surface area contributed by atoms with Gasteiger partial charge in [0.05, 0.1) is 28.5 Å². The summed E-state index contributed by atoms with van der Waals surface area (Å²) >= 11 is 8.08. The molecule has 0 aliphatic carbocycles. The van der Waals surface area contributed by atoms with E-state index in [0.717, 1.165) is 38.3 Å². The van der Waals surface area contributed by atoms with E-state index in [9.17, 15) is 4.79 Å². The fourth-order valence-corrected chi connectivity index (χ4v) is 5.01. The molecule has 1 aliphatic heterocycles. The number of thiophene rings is 1. The van der Waals surface area contributed by atoms with Crippen molar-refractivity contribution in [2.45, 2.75) is 19.9 Å². The molecule has 158 valence electrons. The number of carbonyl (C=O) groups excluding carboxylic acids is 1. The molecule has 1 saturated heterocycles. The summed E-state index contributed by atoms with van der Waals surface area (Å²) in [5, 5.41) is 8.98. The van der Waals surface area contributed by atoms with Gasteiger partial charge in [-0.2, -0.15) is 0 Å². The number of anilines is 2. The van der Waals surface area contributed by atoms with E-state index >= 15 is 0 Å². The van der Waals surface area contributed by atoms with Crippen molar-refractivity contribution in [1.82, 2.24) is 20.3 Å². The molecule has 4 heterocycles. The first-order chi connectivity index (χ1) is 15.0. The normalized spacial score (nSPS) is 15.3. The van der Waals surface area contributed by atoms with Crippen LogP contribution in [-0.2, 0) is 4.79 Å². The minimum Gasteiger partial charge on any atom is -0.363 e. The molecule has 2 N–H and O–H groups in total. The molecule has 1 atom stereocenters. The van der Waals surface area contributed by atoms with Crippen molar-refractivity contribution in [1.29, 1.82) is 0 Å². The lowest BCUT2D eigenvalue weighted by Crippen LogP contribution is -2.48. The van der Waals surface area contributed by atoms with Gasteiger partial charge in [0.1, 0.15) is 22.8 Å². The van der Waals surface area contributed by atoms with E-state index in [2.05, 4.69) is 46.6 Å². The highest BCUT2D eigenvalue weighted by atomic mass is 35.5. The minimum absolute atomic E-state index is 0.00914. The Bertz CT molecular complexity index is 1310. The van der Waals surface area contributed by atoms with Crippen LogP contribution in [0.15, 0.2) is 36.7 Å². The molecule has 9 heteroatoms. The van der Waals surface area contributed by atoms with Crippen LogP contribution in [0.1, 0.15) is 23.4 Å².